The topological polar surface area (TPSA) is 15.3 Å². The third-order valence-corrected chi connectivity index (χ3v) is 2.36. The van der Waals surface area contributed by atoms with Crippen molar-refractivity contribution in [3.8, 4) is 0 Å². The van der Waals surface area contributed by atoms with Crippen molar-refractivity contribution in [2.75, 3.05) is 26.2 Å². The molecule has 0 amide bonds. The van der Waals surface area contributed by atoms with Crippen LogP contribution >= 0.6 is 24.8 Å². The molecular formula is C8H20Cl2N2. The van der Waals surface area contributed by atoms with Gasteiger partial charge in [-0.3, -0.25) is 4.90 Å². The fourth-order valence-corrected chi connectivity index (χ4v) is 1.69. The Bertz CT molecular complexity index is 91.1. The summed E-state index contributed by atoms with van der Waals surface area (Å²) in [6.07, 6.45) is 1.34. The summed E-state index contributed by atoms with van der Waals surface area (Å²) in [4.78, 5) is 2.53. The summed E-state index contributed by atoms with van der Waals surface area (Å²) < 4.78 is 0. The Hall–Kier alpha value is 0.500. The van der Waals surface area contributed by atoms with Crippen LogP contribution < -0.4 is 5.32 Å². The number of hydrogen-bond donors (Lipinski definition) is 1. The molecule has 12 heavy (non-hydrogen) atoms. The van der Waals surface area contributed by atoms with E-state index in [1.807, 2.05) is 0 Å². The molecule has 0 aromatic heterocycles. The first-order chi connectivity index (χ1) is 4.88. The number of nitrogens with one attached hydrogen (secondary N) is 1. The van der Waals surface area contributed by atoms with Crippen LogP contribution in [0.1, 0.15) is 20.3 Å². The SMILES string of the molecule is CCN(CC)C1CCNC1.Cl.Cl. The van der Waals surface area contributed by atoms with Crippen LogP contribution in [0, 0.1) is 0 Å². The van der Waals surface area contributed by atoms with Crippen molar-refractivity contribution in [2.24, 2.45) is 0 Å². The number of halogens is 2. The molecule has 0 aromatic rings. The van der Waals surface area contributed by atoms with Crippen molar-refractivity contribution in [3.05, 3.63) is 0 Å². The molecule has 0 spiro atoms. The molecule has 0 aliphatic carbocycles. The molecule has 2 nitrogen and oxygen atoms in total. The van der Waals surface area contributed by atoms with E-state index >= 15 is 0 Å². The minimum Gasteiger partial charge on any atom is -0.315 e. The molecule has 0 saturated carbocycles. The molecule has 4 heteroatoms. The van der Waals surface area contributed by atoms with Crippen LogP contribution in [-0.4, -0.2) is 37.1 Å². The lowest BCUT2D eigenvalue weighted by molar-refractivity contribution is 0.231. The number of likely N-dealkylation sites (N-methyl/N-ethyl adjacent to an activating group) is 1. The van der Waals surface area contributed by atoms with Crippen molar-refractivity contribution in [1.82, 2.24) is 10.2 Å². The molecule has 0 radical (unpaired) electrons. The van der Waals surface area contributed by atoms with Gasteiger partial charge < -0.3 is 5.32 Å². The van der Waals surface area contributed by atoms with Crippen LogP contribution in [0.15, 0.2) is 0 Å². The van der Waals surface area contributed by atoms with Gasteiger partial charge in [0, 0.05) is 12.6 Å². The van der Waals surface area contributed by atoms with E-state index in [-0.39, 0.29) is 24.8 Å². The quantitative estimate of drug-likeness (QED) is 0.768. The number of hydrogen-bond acceptors (Lipinski definition) is 2. The Labute approximate surface area is 87.9 Å². The first-order valence-electron chi connectivity index (χ1n) is 4.33. The highest BCUT2D eigenvalue weighted by atomic mass is 35.5. The maximum atomic E-state index is 3.38. The molecule has 1 unspecified atom stereocenters. The van der Waals surface area contributed by atoms with Crippen LogP contribution in [0.2, 0.25) is 0 Å². The summed E-state index contributed by atoms with van der Waals surface area (Å²) in [6, 6.07) is 0.815. The predicted octanol–water partition coefficient (Wildman–Crippen LogP) is 1.53. The first kappa shape index (κ1) is 15.0. The van der Waals surface area contributed by atoms with Gasteiger partial charge in [0.25, 0.3) is 0 Å². The molecule has 1 saturated heterocycles. The van der Waals surface area contributed by atoms with Crippen LogP contribution in [0.5, 0.6) is 0 Å². The van der Waals surface area contributed by atoms with Crippen molar-refractivity contribution < 1.29 is 0 Å². The second-order valence-corrected chi connectivity index (χ2v) is 2.87. The Balaban J connectivity index is 0. The molecule has 1 heterocycles. The van der Waals surface area contributed by atoms with Crippen molar-refractivity contribution >= 4 is 24.8 Å². The van der Waals surface area contributed by atoms with Gasteiger partial charge in [0.2, 0.25) is 0 Å². The summed E-state index contributed by atoms with van der Waals surface area (Å²) in [6.45, 7) is 9.28. The zero-order chi connectivity index (χ0) is 7.40. The summed E-state index contributed by atoms with van der Waals surface area (Å²) in [5.41, 5.74) is 0. The summed E-state index contributed by atoms with van der Waals surface area (Å²) in [5.74, 6) is 0. The van der Waals surface area contributed by atoms with E-state index in [0.29, 0.717) is 0 Å². The van der Waals surface area contributed by atoms with Gasteiger partial charge >= 0.3 is 0 Å². The largest absolute Gasteiger partial charge is 0.315 e. The zero-order valence-electron chi connectivity index (χ0n) is 7.88. The van der Waals surface area contributed by atoms with Crippen molar-refractivity contribution in [3.63, 3.8) is 0 Å². The average molecular weight is 215 g/mol. The fraction of sp³-hybridized carbons (Fsp3) is 1.00. The molecule has 1 aliphatic heterocycles. The van der Waals surface area contributed by atoms with E-state index in [0.717, 1.165) is 6.04 Å². The highest BCUT2D eigenvalue weighted by Crippen LogP contribution is 2.06. The third kappa shape index (κ3) is 3.94. The molecule has 1 N–H and O–H groups in total. The molecule has 1 fully saturated rings. The van der Waals surface area contributed by atoms with Crippen molar-refractivity contribution in [1.29, 1.82) is 0 Å². The van der Waals surface area contributed by atoms with Gasteiger partial charge in [-0.1, -0.05) is 13.8 Å². The molecule has 1 atom stereocenters. The molecule has 76 valence electrons. The van der Waals surface area contributed by atoms with Crippen LogP contribution in [0.4, 0.5) is 0 Å². The standard InChI is InChI=1S/C8H18N2.2ClH/c1-3-10(4-2)8-5-6-9-7-8;;/h8-9H,3-7H2,1-2H3;2*1H. The van der Waals surface area contributed by atoms with Gasteiger partial charge in [-0.15, -0.1) is 24.8 Å². The Morgan fingerprint density at radius 3 is 2.17 bits per heavy atom. The molecule has 0 aromatic carbocycles. The molecular weight excluding hydrogens is 195 g/mol. The van der Waals surface area contributed by atoms with E-state index in [9.17, 15) is 0 Å². The van der Waals surface area contributed by atoms with Gasteiger partial charge in [-0.05, 0) is 26.1 Å². The van der Waals surface area contributed by atoms with Gasteiger partial charge in [0.05, 0.1) is 0 Å². The Kier molecular flexibility index (Phi) is 10.1. The van der Waals surface area contributed by atoms with Crippen LogP contribution in [0.3, 0.4) is 0 Å². The van der Waals surface area contributed by atoms with Crippen LogP contribution in [0.25, 0.3) is 0 Å². The lowest BCUT2D eigenvalue weighted by Crippen LogP contribution is -2.36. The van der Waals surface area contributed by atoms with E-state index in [2.05, 4.69) is 24.1 Å². The minimum atomic E-state index is 0. The predicted molar refractivity (Wildman–Crippen MR) is 58.7 cm³/mol. The maximum absolute atomic E-state index is 3.38. The van der Waals surface area contributed by atoms with E-state index in [1.54, 1.807) is 0 Å². The molecule has 1 aliphatic rings. The monoisotopic (exact) mass is 214 g/mol. The van der Waals surface area contributed by atoms with Gasteiger partial charge in [0.15, 0.2) is 0 Å². The van der Waals surface area contributed by atoms with E-state index in [1.165, 1.54) is 32.6 Å². The minimum absolute atomic E-state index is 0. The van der Waals surface area contributed by atoms with Crippen LogP contribution in [-0.2, 0) is 0 Å². The van der Waals surface area contributed by atoms with E-state index in [4.69, 9.17) is 0 Å². The fourth-order valence-electron chi connectivity index (χ4n) is 1.69. The highest BCUT2D eigenvalue weighted by molar-refractivity contribution is 5.85. The lowest BCUT2D eigenvalue weighted by atomic mass is 10.2. The first-order valence-corrected chi connectivity index (χ1v) is 4.33. The third-order valence-electron chi connectivity index (χ3n) is 2.36. The Morgan fingerprint density at radius 1 is 1.25 bits per heavy atom. The molecule has 1 rings (SSSR count). The Morgan fingerprint density at radius 2 is 1.83 bits per heavy atom. The summed E-state index contributed by atoms with van der Waals surface area (Å²) >= 11 is 0. The van der Waals surface area contributed by atoms with Crippen molar-refractivity contribution in [2.45, 2.75) is 26.3 Å². The van der Waals surface area contributed by atoms with Gasteiger partial charge in [0.1, 0.15) is 0 Å². The highest BCUT2D eigenvalue weighted by Gasteiger charge is 2.18. The zero-order valence-corrected chi connectivity index (χ0v) is 9.51. The normalized spacial score (nSPS) is 21.8. The number of nitrogens with zero attached hydrogens (tertiary/aromatic N) is 1. The second-order valence-electron chi connectivity index (χ2n) is 2.87. The maximum Gasteiger partial charge on any atom is 0.0232 e. The number of rotatable bonds is 3. The van der Waals surface area contributed by atoms with Gasteiger partial charge in [-0.25, -0.2) is 0 Å². The van der Waals surface area contributed by atoms with E-state index < -0.39 is 0 Å². The second kappa shape index (κ2) is 8.11. The average Bonchev–Trinajstić information content (AvgIpc) is 2.43. The lowest BCUT2D eigenvalue weighted by Gasteiger charge is -2.24. The smallest absolute Gasteiger partial charge is 0.0232 e. The molecule has 0 bridgehead atoms. The summed E-state index contributed by atoms with van der Waals surface area (Å²) in [5, 5.41) is 3.38. The van der Waals surface area contributed by atoms with Gasteiger partial charge in [-0.2, -0.15) is 0 Å². The summed E-state index contributed by atoms with van der Waals surface area (Å²) in [7, 11) is 0.